The van der Waals surface area contributed by atoms with E-state index in [2.05, 4.69) is 20.8 Å². The first kappa shape index (κ1) is 12.1. The number of benzene rings is 1. The van der Waals surface area contributed by atoms with Crippen LogP contribution in [0, 0.1) is 0 Å². The molecule has 1 aromatic rings. The summed E-state index contributed by atoms with van der Waals surface area (Å²) in [5.74, 6) is 0. The number of anilines is 1. The highest BCUT2D eigenvalue weighted by Crippen LogP contribution is 2.28. The fourth-order valence-corrected chi connectivity index (χ4v) is 1.54. The summed E-state index contributed by atoms with van der Waals surface area (Å²) in [5, 5.41) is 9.79. The maximum atomic E-state index is 9.79. The van der Waals surface area contributed by atoms with Crippen LogP contribution in [0.1, 0.15) is 51.3 Å². The van der Waals surface area contributed by atoms with Gasteiger partial charge in [0.15, 0.2) is 0 Å². The maximum absolute atomic E-state index is 9.79. The Labute approximate surface area is 92.1 Å². The van der Waals surface area contributed by atoms with Crippen LogP contribution in [0.25, 0.3) is 0 Å². The minimum Gasteiger partial charge on any atom is -0.399 e. The van der Waals surface area contributed by atoms with Gasteiger partial charge in [0, 0.05) is 5.69 Å². The molecule has 15 heavy (non-hydrogen) atoms. The van der Waals surface area contributed by atoms with Crippen molar-refractivity contribution < 1.29 is 5.11 Å². The molecule has 0 aliphatic heterocycles. The van der Waals surface area contributed by atoms with E-state index in [4.69, 9.17) is 5.73 Å². The third-order valence-electron chi connectivity index (χ3n) is 2.62. The first-order valence-electron chi connectivity index (χ1n) is 5.43. The van der Waals surface area contributed by atoms with Crippen molar-refractivity contribution >= 4 is 5.69 Å². The molecule has 0 aromatic heterocycles. The van der Waals surface area contributed by atoms with Crippen LogP contribution in [-0.4, -0.2) is 5.11 Å². The van der Waals surface area contributed by atoms with Crippen LogP contribution in [0.3, 0.4) is 0 Å². The first-order valence-corrected chi connectivity index (χ1v) is 5.43. The fourth-order valence-electron chi connectivity index (χ4n) is 1.54. The van der Waals surface area contributed by atoms with E-state index in [9.17, 15) is 5.11 Å². The van der Waals surface area contributed by atoms with E-state index in [0.717, 1.165) is 11.3 Å². The molecule has 1 unspecified atom stereocenters. The Bertz CT molecular complexity index is 339. The highest BCUT2D eigenvalue weighted by molar-refractivity contribution is 5.47. The van der Waals surface area contributed by atoms with E-state index in [1.54, 1.807) is 0 Å². The molecule has 0 fully saturated rings. The average Bonchev–Trinajstić information content (AvgIpc) is 2.14. The predicted octanol–water partition coefficient (Wildman–Crippen LogP) is 3.01. The number of hydrogen-bond donors (Lipinski definition) is 2. The van der Waals surface area contributed by atoms with Gasteiger partial charge in [-0.25, -0.2) is 0 Å². The molecule has 0 aliphatic carbocycles. The summed E-state index contributed by atoms with van der Waals surface area (Å²) < 4.78 is 0. The topological polar surface area (TPSA) is 46.2 Å². The molecule has 2 heteroatoms. The van der Waals surface area contributed by atoms with Gasteiger partial charge in [0.25, 0.3) is 0 Å². The number of aliphatic hydroxyl groups excluding tert-OH is 1. The van der Waals surface area contributed by atoms with E-state index in [-0.39, 0.29) is 5.41 Å². The Balaban J connectivity index is 3.17. The van der Waals surface area contributed by atoms with Gasteiger partial charge in [0.05, 0.1) is 6.10 Å². The highest BCUT2D eigenvalue weighted by atomic mass is 16.3. The number of hydrogen-bond acceptors (Lipinski definition) is 2. The molecule has 0 amide bonds. The van der Waals surface area contributed by atoms with Gasteiger partial charge in [0.1, 0.15) is 0 Å². The van der Waals surface area contributed by atoms with E-state index < -0.39 is 6.10 Å². The summed E-state index contributed by atoms with van der Waals surface area (Å²) in [5.41, 5.74) is 8.72. The van der Waals surface area contributed by atoms with Crippen molar-refractivity contribution in [1.29, 1.82) is 0 Å². The summed E-state index contributed by atoms with van der Waals surface area (Å²) in [4.78, 5) is 0. The SMILES string of the molecule is CCC(O)c1cc(N)cc(C(C)(C)C)c1. The second-order valence-corrected chi connectivity index (χ2v) is 5.06. The van der Waals surface area contributed by atoms with Crippen LogP contribution in [0.2, 0.25) is 0 Å². The lowest BCUT2D eigenvalue weighted by Crippen LogP contribution is -2.12. The lowest BCUT2D eigenvalue weighted by Gasteiger charge is -2.21. The van der Waals surface area contributed by atoms with Crippen molar-refractivity contribution in [2.24, 2.45) is 0 Å². The van der Waals surface area contributed by atoms with Crippen molar-refractivity contribution in [2.75, 3.05) is 5.73 Å². The molecular formula is C13H21NO. The van der Waals surface area contributed by atoms with Gasteiger partial charge in [-0.2, -0.15) is 0 Å². The molecule has 0 aliphatic rings. The minimum atomic E-state index is -0.408. The fraction of sp³-hybridized carbons (Fsp3) is 0.538. The quantitative estimate of drug-likeness (QED) is 0.732. The monoisotopic (exact) mass is 207 g/mol. The largest absolute Gasteiger partial charge is 0.399 e. The second-order valence-electron chi connectivity index (χ2n) is 5.06. The Kier molecular flexibility index (Phi) is 3.40. The van der Waals surface area contributed by atoms with Crippen LogP contribution < -0.4 is 5.73 Å². The summed E-state index contributed by atoms with van der Waals surface area (Å²) >= 11 is 0. The molecule has 0 bridgehead atoms. The molecule has 0 saturated heterocycles. The van der Waals surface area contributed by atoms with Crippen molar-refractivity contribution in [3.05, 3.63) is 29.3 Å². The van der Waals surface area contributed by atoms with Crippen LogP contribution in [0.4, 0.5) is 5.69 Å². The molecule has 2 nitrogen and oxygen atoms in total. The standard InChI is InChI=1S/C13H21NO/c1-5-12(15)9-6-10(13(2,3)4)8-11(14)7-9/h6-8,12,15H,5,14H2,1-4H3. The summed E-state index contributed by atoms with van der Waals surface area (Å²) in [6, 6.07) is 5.87. The molecule has 84 valence electrons. The lowest BCUT2D eigenvalue weighted by molar-refractivity contribution is 0.173. The summed E-state index contributed by atoms with van der Waals surface area (Å²) in [7, 11) is 0. The normalized spacial score (nSPS) is 13.9. The Morgan fingerprint density at radius 3 is 2.33 bits per heavy atom. The minimum absolute atomic E-state index is 0.0671. The third kappa shape index (κ3) is 2.96. The van der Waals surface area contributed by atoms with Gasteiger partial charge in [-0.05, 0) is 35.1 Å². The van der Waals surface area contributed by atoms with E-state index in [1.165, 1.54) is 5.56 Å². The zero-order valence-corrected chi connectivity index (χ0v) is 10.0. The smallest absolute Gasteiger partial charge is 0.0788 e. The summed E-state index contributed by atoms with van der Waals surface area (Å²) in [6.07, 6.45) is 0.308. The van der Waals surface area contributed by atoms with Gasteiger partial charge >= 0.3 is 0 Å². The Morgan fingerprint density at radius 2 is 1.87 bits per heavy atom. The van der Waals surface area contributed by atoms with Crippen molar-refractivity contribution in [3.8, 4) is 0 Å². The molecular weight excluding hydrogens is 186 g/mol. The summed E-state index contributed by atoms with van der Waals surface area (Å²) in [6.45, 7) is 8.39. The Morgan fingerprint density at radius 1 is 1.27 bits per heavy atom. The zero-order valence-electron chi connectivity index (χ0n) is 10.0. The third-order valence-corrected chi connectivity index (χ3v) is 2.62. The highest BCUT2D eigenvalue weighted by Gasteiger charge is 2.16. The molecule has 0 spiro atoms. The van der Waals surface area contributed by atoms with Gasteiger partial charge in [-0.3, -0.25) is 0 Å². The van der Waals surface area contributed by atoms with E-state index in [1.807, 2.05) is 25.1 Å². The van der Waals surface area contributed by atoms with Crippen molar-refractivity contribution in [2.45, 2.75) is 45.6 Å². The molecule has 1 atom stereocenters. The predicted molar refractivity (Wildman–Crippen MR) is 64.8 cm³/mol. The molecule has 1 aromatic carbocycles. The van der Waals surface area contributed by atoms with E-state index in [0.29, 0.717) is 6.42 Å². The van der Waals surface area contributed by atoms with Crippen LogP contribution in [-0.2, 0) is 5.41 Å². The van der Waals surface area contributed by atoms with Gasteiger partial charge in [-0.15, -0.1) is 0 Å². The average molecular weight is 207 g/mol. The maximum Gasteiger partial charge on any atom is 0.0788 e. The van der Waals surface area contributed by atoms with Crippen LogP contribution in [0.15, 0.2) is 18.2 Å². The lowest BCUT2D eigenvalue weighted by atomic mass is 9.85. The second kappa shape index (κ2) is 4.23. The van der Waals surface area contributed by atoms with Gasteiger partial charge < -0.3 is 10.8 Å². The number of rotatable bonds is 2. The van der Waals surface area contributed by atoms with Crippen molar-refractivity contribution in [1.82, 2.24) is 0 Å². The first-order chi connectivity index (χ1) is 6.84. The van der Waals surface area contributed by atoms with Gasteiger partial charge in [-0.1, -0.05) is 33.8 Å². The molecule has 0 saturated carbocycles. The number of nitrogens with two attached hydrogens (primary N) is 1. The zero-order chi connectivity index (χ0) is 11.6. The van der Waals surface area contributed by atoms with Gasteiger partial charge in [0.2, 0.25) is 0 Å². The number of nitrogen functional groups attached to an aromatic ring is 1. The number of aliphatic hydroxyl groups is 1. The molecule has 3 N–H and O–H groups in total. The van der Waals surface area contributed by atoms with E-state index >= 15 is 0 Å². The molecule has 1 rings (SSSR count). The Hall–Kier alpha value is -1.02. The molecule has 0 heterocycles. The van der Waals surface area contributed by atoms with Crippen molar-refractivity contribution in [3.63, 3.8) is 0 Å². The van der Waals surface area contributed by atoms with Crippen LogP contribution in [0.5, 0.6) is 0 Å². The van der Waals surface area contributed by atoms with Crippen LogP contribution >= 0.6 is 0 Å². The molecule has 0 radical (unpaired) electrons.